The van der Waals surface area contributed by atoms with E-state index in [1.807, 2.05) is 20.8 Å². The van der Waals surface area contributed by atoms with E-state index < -0.39 is 5.97 Å². The Kier molecular flexibility index (Phi) is 15.7. The van der Waals surface area contributed by atoms with Crippen LogP contribution in [0.2, 0.25) is 0 Å². The van der Waals surface area contributed by atoms with Gasteiger partial charge in [0.05, 0.1) is 5.41 Å². The van der Waals surface area contributed by atoms with Crippen LogP contribution in [0.5, 0.6) is 0 Å². The predicted molar refractivity (Wildman–Crippen MR) is 108 cm³/mol. The van der Waals surface area contributed by atoms with E-state index in [9.17, 15) is 5.11 Å². The molecule has 3 N–H and O–H groups in total. The lowest BCUT2D eigenvalue weighted by Crippen LogP contribution is -2.55. The fraction of sp³-hybridized carbons (Fsp3) is 1.00. The van der Waals surface area contributed by atoms with Gasteiger partial charge in [0, 0.05) is 26.4 Å². The summed E-state index contributed by atoms with van der Waals surface area (Å²) in [5.41, 5.74) is 5.44. The van der Waals surface area contributed by atoms with Crippen LogP contribution in [0.3, 0.4) is 0 Å². The van der Waals surface area contributed by atoms with Crippen molar-refractivity contribution in [1.29, 1.82) is 0 Å². The van der Waals surface area contributed by atoms with E-state index in [1.165, 1.54) is 32.1 Å². The Balaban J connectivity index is 5.42. The molecular weight excluding hydrogens is 330 g/mol. The van der Waals surface area contributed by atoms with Gasteiger partial charge in [0.15, 0.2) is 0 Å². The van der Waals surface area contributed by atoms with Gasteiger partial charge in [-0.05, 0) is 53.0 Å². The van der Waals surface area contributed by atoms with Crippen molar-refractivity contribution in [2.45, 2.75) is 97.9 Å². The van der Waals surface area contributed by atoms with Gasteiger partial charge in [0.2, 0.25) is 0 Å². The van der Waals surface area contributed by atoms with Crippen LogP contribution >= 0.6 is 0 Å². The molecule has 1 unspecified atom stereocenters. The summed E-state index contributed by atoms with van der Waals surface area (Å²) in [6, 6.07) is 0. The van der Waals surface area contributed by atoms with Crippen molar-refractivity contribution in [3.8, 4) is 0 Å². The lowest BCUT2D eigenvalue weighted by atomic mass is 9.73. The lowest BCUT2D eigenvalue weighted by Gasteiger charge is -2.49. The Morgan fingerprint density at radius 2 is 1.19 bits per heavy atom. The third-order valence-electron chi connectivity index (χ3n) is 5.11. The standard InChI is InChI=1S/C21H45NO4/c1-5-9-10-11-12-13-15-20(17-19-23,16-14-18-22)21(24-6-2,25-7-3)26-8-4/h23H,5-19,22H2,1-4H3. The van der Waals surface area contributed by atoms with Gasteiger partial charge in [-0.2, -0.15) is 0 Å². The van der Waals surface area contributed by atoms with Crippen LogP contribution in [-0.2, 0) is 14.2 Å². The minimum absolute atomic E-state index is 0.0926. The molecule has 158 valence electrons. The van der Waals surface area contributed by atoms with Crippen molar-refractivity contribution in [2.24, 2.45) is 11.1 Å². The Bertz CT molecular complexity index is 297. The number of ether oxygens (including phenoxy) is 3. The number of hydrogen-bond donors (Lipinski definition) is 2. The molecule has 0 aromatic rings. The maximum atomic E-state index is 9.84. The summed E-state index contributed by atoms with van der Waals surface area (Å²) in [6.45, 7) is 10.3. The molecule has 0 saturated heterocycles. The highest BCUT2D eigenvalue weighted by molar-refractivity contribution is 4.89. The smallest absolute Gasteiger partial charge is 0.288 e. The molecule has 5 nitrogen and oxygen atoms in total. The molecule has 0 aliphatic rings. The molecule has 5 heteroatoms. The van der Waals surface area contributed by atoms with E-state index in [2.05, 4.69) is 6.92 Å². The third-order valence-corrected chi connectivity index (χ3v) is 5.11. The van der Waals surface area contributed by atoms with Crippen molar-refractivity contribution in [1.82, 2.24) is 0 Å². The monoisotopic (exact) mass is 375 g/mol. The summed E-state index contributed by atoms with van der Waals surface area (Å²) < 4.78 is 18.4. The second-order valence-corrected chi connectivity index (χ2v) is 7.02. The van der Waals surface area contributed by atoms with Crippen LogP contribution in [0.4, 0.5) is 0 Å². The molecule has 0 heterocycles. The van der Waals surface area contributed by atoms with Crippen molar-refractivity contribution in [3.63, 3.8) is 0 Å². The van der Waals surface area contributed by atoms with E-state index in [1.54, 1.807) is 0 Å². The van der Waals surface area contributed by atoms with E-state index in [4.69, 9.17) is 19.9 Å². The summed E-state index contributed by atoms with van der Waals surface area (Å²) in [6.07, 6.45) is 10.6. The van der Waals surface area contributed by atoms with Crippen molar-refractivity contribution in [2.75, 3.05) is 33.0 Å². The molecule has 0 aliphatic heterocycles. The number of aliphatic hydroxyl groups excluding tert-OH is 1. The second-order valence-electron chi connectivity index (χ2n) is 7.02. The molecule has 0 rings (SSSR count). The van der Waals surface area contributed by atoms with E-state index in [0.717, 1.165) is 25.7 Å². The minimum atomic E-state index is -1.10. The molecule has 0 aromatic carbocycles. The van der Waals surface area contributed by atoms with Crippen LogP contribution in [-0.4, -0.2) is 44.1 Å². The third kappa shape index (κ3) is 8.22. The average molecular weight is 376 g/mol. The fourth-order valence-electron chi connectivity index (χ4n) is 3.89. The molecule has 0 amide bonds. The first-order valence-electron chi connectivity index (χ1n) is 10.8. The highest BCUT2D eigenvalue weighted by atomic mass is 16.9. The zero-order chi connectivity index (χ0) is 19.7. The van der Waals surface area contributed by atoms with Gasteiger partial charge in [0.1, 0.15) is 0 Å². The number of nitrogens with two attached hydrogens (primary N) is 1. The van der Waals surface area contributed by atoms with Gasteiger partial charge in [-0.15, -0.1) is 0 Å². The maximum absolute atomic E-state index is 9.84. The summed E-state index contributed by atoms with van der Waals surface area (Å²) in [5, 5.41) is 9.84. The van der Waals surface area contributed by atoms with Crippen molar-refractivity contribution < 1.29 is 19.3 Å². The number of hydrogen-bond acceptors (Lipinski definition) is 5. The first-order chi connectivity index (χ1) is 12.6. The number of rotatable bonds is 19. The minimum Gasteiger partial charge on any atom is -0.396 e. The van der Waals surface area contributed by atoms with Crippen LogP contribution in [0.25, 0.3) is 0 Å². The second kappa shape index (κ2) is 15.8. The first kappa shape index (κ1) is 25.8. The van der Waals surface area contributed by atoms with E-state index in [-0.39, 0.29) is 12.0 Å². The topological polar surface area (TPSA) is 73.9 Å². The Morgan fingerprint density at radius 1 is 0.692 bits per heavy atom. The first-order valence-corrected chi connectivity index (χ1v) is 10.8. The Hall–Kier alpha value is -0.200. The molecule has 0 radical (unpaired) electrons. The van der Waals surface area contributed by atoms with Crippen LogP contribution < -0.4 is 5.73 Å². The number of unbranched alkanes of at least 4 members (excludes halogenated alkanes) is 5. The van der Waals surface area contributed by atoms with Gasteiger partial charge in [-0.3, -0.25) is 0 Å². The molecule has 0 spiro atoms. The van der Waals surface area contributed by atoms with Gasteiger partial charge < -0.3 is 25.1 Å². The molecule has 0 saturated carbocycles. The van der Waals surface area contributed by atoms with Gasteiger partial charge >= 0.3 is 0 Å². The van der Waals surface area contributed by atoms with Gasteiger partial charge in [-0.1, -0.05) is 45.4 Å². The lowest BCUT2D eigenvalue weighted by molar-refractivity contribution is -0.432. The highest BCUT2D eigenvalue weighted by Crippen LogP contribution is 2.48. The van der Waals surface area contributed by atoms with Gasteiger partial charge in [-0.25, -0.2) is 0 Å². The van der Waals surface area contributed by atoms with Crippen molar-refractivity contribution >= 4 is 0 Å². The SMILES string of the molecule is CCCCCCCCC(CCO)(CCCN)C(OCC)(OCC)OCC. The van der Waals surface area contributed by atoms with E-state index >= 15 is 0 Å². The fourth-order valence-corrected chi connectivity index (χ4v) is 3.89. The zero-order valence-corrected chi connectivity index (χ0v) is 17.9. The normalized spacial score (nSPS) is 14.5. The van der Waals surface area contributed by atoms with Crippen LogP contribution in [0.15, 0.2) is 0 Å². The van der Waals surface area contributed by atoms with Gasteiger partial charge in [0.25, 0.3) is 5.97 Å². The molecule has 26 heavy (non-hydrogen) atoms. The largest absolute Gasteiger partial charge is 0.396 e. The maximum Gasteiger partial charge on any atom is 0.288 e. The quantitative estimate of drug-likeness (QED) is 0.255. The summed E-state index contributed by atoms with van der Waals surface area (Å²) in [7, 11) is 0. The predicted octanol–water partition coefficient (Wildman–Crippen LogP) is 4.61. The van der Waals surface area contributed by atoms with Crippen molar-refractivity contribution in [3.05, 3.63) is 0 Å². The molecule has 0 aromatic heterocycles. The van der Waals surface area contributed by atoms with Crippen LogP contribution in [0.1, 0.15) is 91.9 Å². The summed E-state index contributed by atoms with van der Waals surface area (Å²) >= 11 is 0. The molecule has 1 atom stereocenters. The van der Waals surface area contributed by atoms with Crippen LogP contribution in [0, 0.1) is 5.41 Å². The zero-order valence-electron chi connectivity index (χ0n) is 17.9. The van der Waals surface area contributed by atoms with E-state index in [0.29, 0.717) is 32.8 Å². The average Bonchev–Trinajstić information content (AvgIpc) is 2.63. The molecule has 0 fully saturated rings. The summed E-state index contributed by atoms with van der Waals surface area (Å²) in [5.74, 6) is -1.10. The summed E-state index contributed by atoms with van der Waals surface area (Å²) in [4.78, 5) is 0. The Morgan fingerprint density at radius 3 is 1.65 bits per heavy atom. The molecule has 0 bridgehead atoms. The number of aliphatic hydroxyl groups is 1. The molecule has 0 aliphatic carbocycles. The molecular formula is C21H45NO4. The Labute approximate surface area is 162 Å². The highest BCUT2D eigenvalue weighted by Gasteiger charge is 2.53.